The van der Waals surface area contributed by atoms with E-state index in [0.29, 0.717) is 6.04 Å². The molecule has 1 N–H and O–H groups in total. The van der Waals surface area contributed by atoms with Gasteiger partial charge in [0.15, 0.2) is 0 Å². The molecule has 0 aromatic heterocycles. The van der Waals surface area contributed by atoms with Crippen LogP contribution in [0.25, 0.3) is 0 Å². The molecular weight excluding hydrogens is 260 g/mol. The highest BCUT2D eigenvalue weighted by Crippen LogP contribution is 2.36. The Morgan fingerprint density at radius 2 is 2.05 bits per heavy atom. The lowest BCUT2D eigenvalue weighted by molar-refractivity contribution is 0.189. The molecule has 0 saturated carbocycles. The average Bonchev–Trinajstić information content (AvgIpc) is 2.51. The van der Waals surface area contributed by atoms with Crippen molar-refractivity contribution in [1.29, 1.82) is 0 Å². The second-order valence-corrected chi connectivity index (χ2v) is 5.67. The van der Waals surface area contributed by atoms with E-state index in [1.165, 1.54) is 29.7 Å². The summed E-state index contributed by atoms with van der Waals surface area (Å²) in [6.07, 6.45) is 2.32. The fourth-order valence-electron chi connectivity index (χ4n) is 3.38. The minimum atomic E-state index is 0.547. The zero-order chi connectivity index (χ0) is 15.2. The molecule has 1 unspecified atom stereocenters. The van der Waals surface area contributed by atoms with Gasteiger partial charge in [0.25, 0.3) is 0 Å². The van der Waals surface area contributed by atoms with Crippen LogP contribution in [0.2, 0.25) is 0 Å². The molecular formula is C18H30N2O. The van der Waals surface area contributed by atoms with Crippen LogP contribution in [0.15, 0.2) is 12.1 Å². The number of benzene rings is 1. The molecule has 0 amide bonds. The Morgan fingerprint density at radius 3 is 2.67 bits per heavy atom. The lowest BCUT2D eigenvalue weighted by Gasteiger charge is -2.37. The van der Waals surface area contributed by atoms with E-state index in [1.807, 2.05) is 0 Å². The quantitative estimate of drug-likeness (QED) is 0.831. The molecule has 0 saturated heterocycles. The van der Waals surface area contributed by atoms with Gasteiger partial charge >= 0.3 is 0 Å². The van der Waals surface area contributed by atoms with E-state index in [9.17, 15) is 0 Å². The second kappa shape index (κ2) is 7.81. The number of nitrogens with one attached hydrogen (secondary N) is 1. The van der Waals surface area contributed by atoms with Crippen molar-refractivity contribution in [3.8, 4) is 5.75 Å². The molecule has 1 aliphatic rings. The summed E-state index contributed by atoms with van der Waals surface area (Å²) in [5, 5.41) is 3.42. The normalized spacial score (nSPS) is 18.6. The number of ether oxygens (including phenoxy) is 1. The first-order chi connectivity index (χ1) is 10.2. The van der Waals surface area contributed by atoms with Crippen LogP contribution < -0.4 is 10.1 Å². The van der Waals surface area contributed by atoms with E-state index in [2.05, 4.69) is 50.0 Å². The van der Waals surface area contributed by atoms with Crippen molar-refractivity contribution < 1.29 is 4.74 Å². The van der Waals surface area contributed by atoms with Crippen molar-refractivity contribution in [1.82, 2.24) is 10.2 Å². The van der Waals surface area contributed by atoms with Crippen LogP contribution in [-0.2, 0) is 13.0 Å². The highest BCUT2D eigenvalue weighted by atomic mass is 16.5. The molecule has 1 aliphatic heterocycles. The minimum Gasteiger partial charge on any atom is -0.494 e. The molecule has 118 valence electrons. The van der Waals surface area contributed by atoms with Crippen molar-refractivity contribution >= 4 is 0 Å². The Hall–Kier alpha value is -1.06. The van der Waals surface area contributed by atoms with Gasteiger partial charge in [-0.15, -0.1) is 0 Å². The Labute approximate surface area is 129 Å². The molecule has 0 bridgehead atoms. The maximum Gasteiger partial charge on any atom is 0.124 e. The van der Waals surface area contributed by atoms with Gasteiger partial charge in [0.05, 0.1) is 6.61 Å². The number of nitrogens with zero attached hydrogens (tertiary/aromatic N) is 1. The molecule has 0 radical (unpaired) electrons. The predicted octanol–water partition coefficient (Wildman–Crippen LogP) is 3.52. The first-order valence-electron chi connectivity index (χ1n) is 8.48. The zero-order valence-corrected chi connectivity index (χ0v) is 14.0. The molecule has 1 atom stereocenters. The van der Waals surface area contributed by atoms with Crippen LogP contribution in [0.4, 0.5) is 0 Å². The van der Waals surface area contributed by atoms with Crippen LogP contribution in [0.5, 0.6) is 5.75 Å². The first-order valence-corrected chi connectivity index (χ1v) is 8.48. The molecule has 1 heterocycles. The Bertz CT molecular complexity index is 459. The van der Waals surface area contributed by atoms with Gasteiger partial charge in [0.2, 0.25) is 0 Å². The van der Waals surface area contributed by atoms with E-state index in [1.54, 1.807) is 0 Å². The van der Waals surface area contributed by atoms with Gasteiger partial charge in [0.1, 0.15) is 5.75 Å². The molecule has 0 fully saturated rings. The maximum atomic E-state index is 5.90. The number of hydrogen-bond donors (Lipinski definition) is 1. The summed E-state index contributed by atoms with van der Waals surface area (Å²) >= 11 is 0. The summed E-state index contributed by atoms with van der Waals surface area (Å²) in [5.41, 5.74) is 4.30. The van der Waals surface area contributed by atoms with Crippen LogP contribution in [0, 0.1) is 0 Å². The molecule has 21 heavy (non-hydrogen) atoms. The average molecular weight is 290 g/mol. The maximum absolute atomic E-state index is 5.90. The predicted molar refractivity (Wildman–Crippen MR) is 89.0 cm³/mol. The summed E-state index contributed by atoms with van der Waals surface area (Å²) in [5.74, 6) is 1.06. The van der Waals surface area contributed by atoms with Gasteiger partial charge in [-0.2, -0.15) is 0 Å². The van der Waals surface area contributed by atoms with Crippen molar-refractivity contribution in [2.75, 3.05) is 26.2 Å². The zero-order valence-electron chi connectivity index (χ0n) is 14.0. The van der Waals surface area contributed by atoms with E-state index in [4.69, 9.17) is 4.74 Å². The summed E-state index contributed by atoms with van der Waals surface area (Å²) in [6, 6.07) is 5.23. The minimum absolute atomic E-state index is 0.547. The summed E-state index contributed by atoms with van der Waals surface area (Å²) in [4.78, 5) is 2.59. The molecule has 3 nitrogen and oxygen atoms in total. The number of hydrogen-bond acceptors (Lipinski definition) is 3. The van der Waals surface area contributed by atoms with Gasteiger partial charge in [-0.1, -0.05) is 26.8 Å². The standard InChI is InChI=1S/C18H30N2O/c1-5-17-16-12-18(21-8-4)15(13-19-6-2)11-14(16)9-10-20(17)7-3/h11-12,17,19H,5-10,13H2,1-4H3. The van der Waals surface area contributed by atoms with Gasteiger partial charge in [-0.3, -0.25) is 4.90 Å². The van der Waals surface area contributed by atoms with Crippen molar-refractivity contribution in [2.45, 2.75) is 53.1 Å². The van der Waals surface area contributed by atoms with Gasteiger partial charge in [0, 0.05) is 24.7 Å². The Kier molecular flexibility index (Phi) is 6.07. The van der Waals surface area contributed by atoms with Crippen molar-refractivity contribution in [3.63, 3.8) is 0 Å². The molecule has 1 aromatic carbocycles. The smallest absolute Gasteiger partial charge is 0.124 e. The van der Waals surface area contributed by atoms with Crippen LogP contribution in [0.1, 0.15) is 56.8 Å². The van der Waals surface area contributed by atoms with Gasteiger partial charge in [-0.05, 0) is 50.0 Å². The first kappa shape index (κ1) is 16.3. The monoisotopic (exact) mass is 290 g/mol. The summed E-state index contributed by atoms with van der Waals surface area (Å²) in [6.45, 7) is 13.7. The van der Waals surface area contributed by atoms with E-state index < -0.39 is 0 Å². The van der Waals surface area contributed by atoms with Crippen LogP contribution >= 0.6 is 0 Å². The molecule has 0 aliphatic carbocycles. The van der Waals surface area contributed by atoms with Gasteiger partial charge < -0.3 is 10.1 Å². The lowest BCUT2D eigenvalue weighted by atomic mass is 9.89. The van der Waals surface area contributed by atoms with E-state index in [0.717, 1.165) is 38.4 Å². The molecule has 2 rings (SSSR count). The summed E-state index contributed by atoms with van der Waals surface area (Å²) < 4.78 is 5.90. The Morgan fingerprint density at radius 1 is 1.24 bits per heavy atom. The number of likely N-dealkylation sites (N-methyl/N-ethyl adjacent to an activating group) is 1. The molecule has 3 heteroatoms. The Balaban J connectivity index is 2.37. The molecule has 1 aromatic rings. The highest BCUT2D eigenvalue weighted by Gasteiger charge is 2.26. The number of fused-ring (bicyclic) bond motifs is 1. The van der Waals surface area contributed by atoms with Crippen molar-refractivity contribution in [3.05, 3.63) is 28.8 Å². The fraction of sp³-hybridized carbons (Fsp3) is 0.667. The largest absolute Gasteiger partial charge is 0.494 e. The third-order valence-electron chi connectivity index (χ3n) is 4.45. The topological polar surface area (TPSA) is 24.5 Å². The number of rotatable bonds is 7. The van der Waals surface area contributed by atoms with Crippen molar-refractivity contribution in [2.24, 2.45) is 0 Å². The second-order valence-electron chi connectivity index (χ2n) is 5.67. The lowest BCUT2D eigenvalue weighted by Crippen LogP contribution is -2.35. The van der Waals surface area contributed by atoms with E-state index in [-0.39, 0.29) is 0 Å². The summed E-state index contributed by atoms with van der Waals surface area (Å²) in [7, 11) is 0. The SMILES string of the molecule is CCNCc1cc2c(cc1OCC)C(CC)N(CC)CC2. The third-order valence-corrected chi connectivity index (χ3v) is 4.45. The molecule has 0 spiro atoms. The van der Waals surface area contributed by atoms with Crippen LogP contribution in [-0.4, -0.2) is 31.1 Å². The fourth-order valence-corrected chi connectivity index (χ4v) is 3.38. The third kappa shape index (κ3) is 3.58. The highest BCUT2D eigenvalue weighted by molar-refractivity contribution is 5.45. The van der Waals surface area contributed by atoms with Crippen LogP contribution in [0.3, 0.4) is 0 Å². The van der Waals surface area contributed by atoms with Gasteiger partial charge in [-0.25, -0.2) is 0 Å². The van der Waals surface area contributed by atoms with E-state index >= 15 is 0 Å².